The van der Waals surface area contributed by atoms with E-state index in [0.717, 1.165) is 0 Å². The maximum atomic E-state index is 14.1. The normalized spacial score (nSPS) is 24.3. The van der Waals surface area contributed by atoms with Crippen LogP contribution in [-0.2, 0) is 11.3 Å². The summed E-state index contributed by atoms with van der Waals surface area (Å²) in [7, 11) is 0. The third kappa shape index (κ3) is 3.31. The van der Waals surface area contributed by atoms with Crippen molar-refractivity contribution in [1.82, 2.24) is 19.5 Å². The molecule has 0 spiro atoms. The molecule has 4 atom stereocenters. The summed E-state index contributed by atoms with van der Waals surface area (Å²) in [5.74, 6) is -1.55. The molecule has 1 unspecified atom stereocenters. The molecule has 0 aliphatic carbocycles. The zero-order valence-corrected chi connectivity index (χ0v) is 15.3. The van der Waals surface area contributed by atoms with Crippen molar-refractivity contribution in [3.63, 3.8) is 0 Å². The van der Waals surface area contributed by atoms with E-state index in [4.69, 9.17) is 4.74 Å². The molecule has 0 saturated carbocycles. The maximum absolute atomic E-state index is 14.1. The van der Waals surface area contributed by atoms with Crippen LogP contribution in [0.1, 0.15) is 17.4 Å². The molecule has 0 radical (unpaired) electrons. The lowest BCUT2D eigenvalue weighted by Gasteiger charge is -2.16. The molecule has 1 fully saturated rings. The number of hydrogen-bond donors (Lipinski definition) is 4. The first-order valence-corrected chi connectivity index (χ1v) is 8.89. The average Bonchev–Trinajstić information content (AvgIpc) is 3.27. The van der Waals surface area contributed by atoms with Crippen LogP contribution >= 0.6 is 0 Å². The zero-order chi connectivity index (χ0) is 20.7. The molecule has 3 heterocycles. The first-order valence-electron chi connectivity index (χ1n) is 8.89. The topological polar surface area (TPSA) is 126 Å². The van der Waals surface area contributed by atoms with Crippen LogP contribution in [0.4, 0.5) is 14.6 Å². The molecule has 29 heavy (non-hydrogen) atoms. The van der Waals surface area contributed by atoms with E-state index >= 15 is 0 Å². The number of imidazole rings is 1. The number of fused-ring (bicyclic) bond motifs is 1. The molecule has 1 aliphatic heterocycles. The third-order valence-electron chi connectivity index (χ3n) is 4.95. The minimum absolute atomic E-state index is 0.0319. The van der Waals surface area contributed by atoms with Crippen LogP contribution in [0.15, 0.2) is 24.8 Å². The number of aromatic nitrogens is 4. The Labute approximate surface area is 163 Å². The number of nitrogens with zero attached hydrogens (tertiary/aromatic N) is 4. The summed E-state index contributed by atoms with van der Waals surface area (Å²) < 4.78 is 34.7. The summed E-state index contributed by atoms with van der Waals surface area (Å²) in [4.78, 5) is 12.4. The Bertz CT molecular complexity index is 1050. The monoisotopic (exact) mass is 407 g/mol. The van der Waals surface area contributed by atoms with Crippen LogP contribution in [-0.4, -0.2) is 59.8 Å². The van der Waals surface area contributed by atoms with Crippen molar-refractivity contribution in [2.24, 2.45) is 0 Å². The Balaban J connectivity index is 1.61. The van der Waals surface area contributed by atoms with Crippen LogP contribution in [0.2, 0.25) is 0 Å². The smallest absolute Gasteiger partial charge is 0.167 e. The van der Waals surface area contributed by atoms with E-state index in [1.54, 1.807) is 0 Å². The Morgan fingerprint density at radius 1 is 1.14 bits per heavy atom. The molecule has 4 N–H and O–H groups in total. The fraction of sp³-hybridized carbons (Fsp3) is 0.389. The van der Waals surface area contributed by atoms with Gasteiger partial charge < -0.3 is 25.4 Å². The number of nitrogens with one attached hydrogen (secondary N) is 1. The molecule has 1 saturated heterocycles. The van der Waals surface area contributed by atoms with Gasteiger partial charge in [0.15, 0.2) is 34.8 Å². The third-order valence-corrected chi connectivity index (χ3v) is 4.95. The standard InChI is InChI=1S/C18H19F2N5O4/c1-8-2-3-9(12(20)11(8)19)4-21-16-13-17(23-6-22-16)25(7-24-13)18-15(28)14(27)10(5-26)29-18/h2-3,6-7,10,14-15,18,26-28H,4-5H2,1H3,(H,21,22,23)/t10-,14-,15-,18?/m1/s1. The molecule has 4 rings (SSSR count). The SMILES string of the molecule is Cc1ccc(CNc2ncnc3c2ncn3C2O[C@H](CO)[C@@H](O)[C@H]2O)c(F)c1F. The van der Waals surface area contributed by atoms with Gasteiger partial charge in [0.25, 0.3) is 0 Å². The molecule has 154 valence electrons. The van der Waals surface area contributed by atoms with E-state index in [1.165, 1.54) is 36.3 Å². The van der Waals surface area contributed by atoms with Crippen LogP contribution in [0.3, 0.4) is 0 Å². The number of aliphatic hydroxyl groups excluding tert-OH is 3. The first kappa shape index (κ1) is 19.6. The fourth-order valence-corrected chi connectivity index (χ4v) is 3.28. The Kier molecular flexibility index (Phi) is 5.13. The first-order chi connectivity index (χ1) is 13.9. The number of hydrogen-bond acceptors (Lipinski definition) is 8. The predicted molar refractivity (Wildman–Crippen MR) is 96.8 cm³/mol. The van der Waals surface area contributed by atoms with Gasteiger partial charge in [-0.05, 0) is 12.5 Å². The largest absolute Gasteiger partial charge is 0.394 e. The summed E-state index contributed by atoms with van der Waals surface area (Å²) >= 11 is 0. The van der Waals surface area contributed by atoms with Gasteiger partial charge in [-0.1, -0.05) is 12.1 Å². The lowest BCUT2D eigenvalue weighted by molar-refractivity contribution is -0.0511. The van der Waals surface area contributed by atoms with Crippen molar-refractivity contribution in [1.29, 1.82) is 0 Å². The van der Waals surface area contributed by atoms with E-state index in [9.17, 15) is 24.1 Å². The highest BCUT2D eigenvalue weighted by Crippen LogP contribution is 2.32. The van der Waals surface area contributed by atoms with Crippen LogP contribution in [0.5, 0.6) is 0 Å². The van der Waals surface area contributed by atoms with E-state index in [1.807, 2.05) is 0 Å². The van der Waals surface area contributed by atoms with E-state index < -0.39 is 42.8 Å². The quantitative estimate of drug-likeness (QED) is 0.486. The molecular formula is C18H19F2N5O4. The maximum Gasteiger partial charge on any atom is 0.167 e. The van der Waals surface area contributed by atoms with Crippen molar-refractivity contribution in [3.05, 3.63) is 47.5 Å². The molecule has 3 aromatic rings. The van der Waals surface area contributed by atoms with Gasteiger partial charge >= 0.3 is 0 Å². The summed E-state index contributed by atoms with van der Waals surface area (Å²) in [5, 5.41) is 32.3. The molecule has 11 heteroatoms. The molecule has 2 aromatic heterocycles. The zero-order valence-electron chi connectivity index (χ0n) is 15.3. The van der Waals surface area contributed by atoms with Gasteiger partial charge in [0, 0.05) is 12.1 Å². The number of halogens is 2. The molecule has 0 bridgehead atoms. The molecule has 1 aliphatic rings. The van der Waals surface area contributed by atoms with Gasteiger partial charge in [-0.25, -0.2) is 23.7 Å². The highest BCUT2D eigenvalue weighted by Gasteiger charge is 2.44. The number of aliphatic hydroxyl groups is 3. The second-order valence-electron chi connectivity index (χ2n) is 6.80. The van der Waals surface area contributed by atoms with E-state index in [0.29, 0.717) is 11.2 Å². The second kappa shape index (κ2) is 7.59. The van der Waals surface area contributed by atoms with Crippen molar-refractivity contribution < 1.29 is 28.8 Å². The summed E-state index contributed by atoms with van der Waals surface area (Å²) in [6, 6.07) is 2.97. The van der Waals surface area contributed by atoms with Crippen LogP contribution in [0.25, 0.3) is 11.2 Å². The lowest BCUT2D eigenvalue weighted by Crippen LogP contribution is -2.33. The van der Waals surface area contributed by atoms with Crippen molar-refractivity contribution in [2.45, 2.75) is 38.0 Å². The molecule has 9 nitrogen and oxygen atoms in total. The average molecular weight is 407 g/mol. The summed E-state index contributed by atoms with van der Waals surface area (Å²) in [6.07, 6.45) is -1.89. The lowest BCUT2D eigenvalue weighted by atomic mass is 10.1. The number of aryl methyl sites for hydroxylation is 1. The van der Waals surface area contributed by atoms with E-state index in [2.05, 4.69) is 20.3 Å². The van der Waals surface area contributed by atoms with Gasteiger partial charge in [-0.15, -0.1) is 0 Å². The predicted octanol–water partition coefficient (Wildman–Crippen LogP) is 0.637. The molecule has 0 amide bonds. The van der Waals surface area contributed by atoms with E-state index in [-0.39, 0.29) is 23.5 Å². The van der Waals surface area contributed by atoms with Gasteiger partial charge in [-0.2, -0.15) is 0 Å². The summed E-state index contributed by atoms with van der Waals surface area (Å²) in [6.45, 7) is 0.992. The van der Waals surface area contributed by atoms with Gasteiger partial charge in [0.05, 0.1) is 12.9 Å². The highest BCUT2D eigenvalue weighted by atomic mass is 19.2. The van der Waals surface area contributed by atoms with Crippen LogP contribution < -0.4 is 5.32 Å². The Hall–Kier alpha value is -2.73. The Morgan fingerprint density at radius 2 is 1.93 bits per heavy atom. The minimum Gasteiger partial charge on any atom is -0.394 e. The van der Waals surface area contributed by atoms with Gasteiger partial charge in [-0.3, -0.25) is 4.57 Å². The number of anilines is 1. The van der Waals surface area contributed by atoms with Crippen molar-refractivity contribution in [3.8, 4) is 0 Å². The minimum atomic E-state index is -1.29. The van der Waals surface area contributed by atoms with Crippen molar-refractivity contribution >= 4 is 17.0 Å². The second-order valence-corrected chi connectivity index (χ2v) is 6.80. The number of ether oxygens (including phenoxy) is 1. The molecular weight excluding hydrogens is 388 g/mol. The highest BCUT2D eigenvalue weighted by molar-refractivity contribution is 5.82. The fourth-order valence-electron chi connectivity index (χ4n) is 3.28. The van der Waals surface area contributed by atoms with Gasteiger partial charge in [0.1, 0.15) is 24.6 Å². The number of benzene rings is 1. The van der Waals surface area contributed by atoms with Crippen LogP contribution in [0, 0.1) is 18.6 Å². The van der Waals surface area contributed by atoms with Crippen molar-refractivity contribution in [2.75, 3.05) is 11.9 Å². The Morgan fingerprint density at radius 3 is 2.66 bits per heavy atom. The number of rotatable bonds is 5. The summed E-state index contributed by atoms with van der Waals surface area (Å²) in [5.41, 5.74) is 0.960. The molecule has 1 aromatic carbocycles. The van der Waals surface area contributed by atoms with Gasteiger partial charge in [0.2, 0.25) is 0 Å².